The van der Waals surface area contributed by atoms with E-state index in [4.69, 9.17) is 4.99 Å². The monoisotopic (exact) mass is 203 g/mol. The van der Waals surface area contributed by atoms with Crippen LogP contribution in [-0.4, -0.2) is 11.8 Å². The summed E-state index contributed by atoms with van der Waals surface area (Å²) in [5.41, 5.74) is 2.72. The second kappa shape index (κ2) is 6.39. The number of rotatable bonds is 4. The first-order valence-corrected chi connectivity index (χ1v) is 5.75. The van der Waals surface area contributed by atoms with Gasteiger partial charge in [-0.1, -0.05) is 30.9 Å². The van der Waals surface area contributed by atoms with Crippen LogP contribution in [0, 0.1) is 0 Å². The fourth-order valence-corrected chi connectivity index (χ4v) is 1.71. The van der Waals surface area contributed by atoms with Crippen LogP contribution in [0.4, 0.5) is 0 Å². The molecule has 0 aliphatic heterocycles. The highest BCUT2D eigenvalue weighted by Crippen LogP contribution is 2.17. The van der Waals surface area contributed by atoms with Crippen molar-refractivity contribution in [3.8, 4) is 0 Å². The zero-order valence-electron chi connectivity index (χ0n) is 9.87. The van der Waals surface area contributed by atoms with Crippen molar-refractivity contribution in [2.45, 2.75) is 45.6 Å². The van der Waals surface area contributed by atoms with E-state index in [0.29, 0.717) is 6.04 Å². The van der Waals surface area contributed by atoms with Gasteiger partial charge in [0.2, 0.25) is 0 Å². The Labute approximate surface area is 93.3 Å². The van der Waals surface area contributed by atoms with Gasteiger partial charge in [0.05, 0.1) is 6.04 Å². The highest BCUT2D eigenvalue weighted by atomic mass is 14.8. The van der Waals surface area contributed by atoms with Crippen LogP contribution in [0.1, 0.15) is 39.5 Å². The van der Waals surface area contributed by atoms with Crippen LogP contribution in [-0.2, 0) is 0 Å². The number of aliphatic imine (C=N–C) groups is 1. The van der Waals surface area contributed by atoms with E-state index in [1.165, 1.54) is 37.0 Å². The highest BCUT2D eigenvalue weighted by Gasteiger charge is 2.09. The van der Waals surface area contributed by atoms with Gasteiger partial charge in [0.25, 0.3) is 0 Å². The van der Waals surface area contributed by atoms with Gasteiger partial charge in [-0.25, -0.2) is 0 Å². The van der Waals surface area contributed by atoms with Crippen molar-refractivity contribution < 1.29 is 0 Å². The van der Waals surface area contributed by atoms with E-state index >= 15 is 0 Å². The van der Waals surface area contributed by atoms with Crippen LogP contribution in [0.2, 0.25) is 0 Å². The molecule has 15 heavy (non-hydrogen) atoms. The summed E-state index contributed by atoms with van der Waals surface area (Å²) >= 11 is 0. The van der Waals surface area contributed by atoms with Crippen LogP contribution >= 0.6 is 0 Å². The summed E-state index contributed by atoms with van der Waals surface area (Å²) in [6.45, 7) is 7.94. The lowest BCUT2D eigenvalue weighted by Gasteiger charge is -2.07. The summed E-state index contributed by atoms with van der Waals surface area (Å²) in [6, 6.07) is 0.326. The number of hydrogen-bond donors (Lipinski definition) is 0. The van der Waals surface area contributed by atoms with Gasteiger partial charge in [0.1, 0.15) is 0 Å². The molecule has 1 aliphatic carbocycles. The quantitative estimate of drug-likeness (QED) is 0.610. The predicted octanol–water partition coefficient (Wildman–Crippen LogP) is 4.08. The van der Waals surface area contributed by atoms with Crippen LogP contribution in [0.5, 0.6) is 0 Å². The van der Waals surface area contributed by atoms with E-state index in [1.807, 2.05) is 12.2 Å². The fraction of sp³-hybridized carbons (Fsp3) is 0.500. The average Bonchev–Trinajstić information content (AvgIpc) is 2.70. The van der Waals surface area contributed by atoms with Crippen molar-refractivity contribution >= 4 is 5.71 Å². The third kappa shape index (κ3) is 4.28. The second-order valence-electron chi connectivity index (χ2n) is 4.11. The Kier molecular flexibility index (Phi) is 5.09. The molecule has 0 aromatic carbocycles. The third-order valence-corrected chi connectivity index (χ3v) is 2.82. The maximum absolute atomic E-state index is 4.74. The van der Waals surface area contributed by atoms with Crippen LogP contribution in [0.3, 0.4) is 0 Å². The van der Waals surface area contributed by atoms with E-state index in [0.717, 1.165) is 0 Å². The molecule has 0 heterocycles. The first-order chi connectivity index (χ1) is 7.24. The number of allylic oxidation sites excluding steroid dienone is 4. The van der Waals surface area contributed by atoms with Crippen molar-refractivity contribution in [1.82, 2.24) is 0 Å². The maximum Gasteiger partial charge on any atom is 0.0680 e. The van der Waals surface area contributed by atoms with Gasteiger partial charge in [-0.2, -0.15) is 0 Å². The van der Waals surface area contributed by atoms with E-state index in [2.05, 4.69) is 26.5 Å². The van der Waals surface area contributed by atoms with Gasteiger partial charge in [0, 0.05) is 5.71 Å². The zero-order chi connectivity index (χ0) is 11.1. The molecule has 1 rings (SSSR count). The lowest BCUT2D eigenvalue weighted by molar-refractivity contribution is 0.855. The SMILES string of the molecule is C=C/C=C/C=C(\C)C(C)N=C1CCCC1. The van der Waals surface area contributed by atoms with Gasteiger partial charge in [-0.15, -0.1) is 0 Å². The van der Waals surface area contributed by atoms with E-state index in [9.17, 15) is 0 Å². The second-order valence-corrected chi connectivity index (χ2v) is 4.11. The standard InChI is InChI=1S/C14H21N/c1-4-5-6-9-12(2)13(3)15-14-10-7-8-11-14/h4-6,9,13H,1,7-8,10-11H2,2-3H3/b6-5+,12-9+. The highest BCUT2D eigenvalue weighted by molar-refractivity contribution is 5.86. The lowest BCUT2D eigenvalue weighted by atomic mass is 10.1. The zero-order valence-corrected chi connectivity index (χ0v) is 9.87. The topological polar surface area (TPSA) is 12.4 Å². The minimum absolute atomic E-state index is 0.326. The molecule has 1 unspecified atom stereocenters. The fourth-order valence-electron chi connectivity index (χ4n) is 1.71. The molecule has 0 aromatic heterocycles. The molecule has 0 N–H and O–H groups in total. The summed E-state index contributed by atoms with van der Waals surface area (Å²) in [6.07, 6.45) is 12.9. The van der Waals surface area contributed by atoms with Gasteiger partial charge in [0.15, 0.2) is 0 Å². The van der Waals surface area contributed by atoms with Crippen molar-refractivity contribution in [3.05, 3.63) is 36.5 Å². The summed E-state index contributed by atoms with van der Waals surface area (Å²) in [7, 11) is 0. The first-order valence-electron chi connectivity index (χ1n) is 5.75. The molecule has 1 nitrogen and oxygen atoms in total. The molecule has 0 aromatic rings. The molecule has 0 spiro atoms. The Morgan fingerprint density at radius 3 is 2.60 bits per heavy atom. The minimum Gasteiger partial charge on any atom is -0.287 e. The molecule has 1 atom stereocenters. The summed E-state index contributed by atoms with van der Waals surface area (Å²) in [5, 5.41) is 0. The average molecular weight is 203 g/mol. The Bertz CT molecular complexity index is 286. The molecule has 0 radical (unpaired) electrons. The van der Waals surface area contributed by atoms with E-state index in [-0.39, 0.29) is 0 Å². The smallest absolute Gasteiger partial charge is 0.0680 e. The van der Waals surface area contributed by atoms with Crippen LogP contribution in [0.15, 0.2) is 41.4 Å². The van der Waals surface area contributed by atoms with Gasteiger partial charge in [-0.3, -0.25) is 4.99 Å². The summed E-state index contributed by atoms with van der Waals surface area (Å²) < 4.78 is 0. The van der Waals surface area contributed by atoms with E-state index < -0.39 is 0 Å². The minimum atomic E-state index is 0.326. The number of hydrogen-bond acceptors (Lipinski definition) is 1. The first kappa shape index (κ1) is 12.0. The molecular weight excluding hydrogens is 182 g/mol. The summed E-state index contributed by atoms with van der Waals surface area (Å²) in [5.74, 6) is 0. The normalized spacial score (nSPS) is 19.6. The van der Waals surface area contributed by atoms with Gasteiger partial charge in [-0.05, 0) is 45.1 Å². The Hall–Kier alpha value is -1.11. The van der Waals surface area contributed by atoms with Crippen molar-refractivity contribution in [2.75, 3.05) is 0 Å². The molecule has 1 aliphatic rings. The Morgan fingerprint density at radius 2 is 2.00 bits per heavy atom. The van der Waals surface area contributed by atoms with Gasteiger partial charge < -0.3 is 0 Å². The Balaban J connectivity index is 2.55. The molecular formula is C14H21N. The van der Waals surface area contributed by atoms with Crippen molar-refractivity contribution in [1.29, 1.82) is 0 Å². The number of nitrogens with zero attached hydrogens (tertiary/aromatic N) is 1. The predicted molar refractivity (Wildman–Crippen MR) is 68.5 cm³/mol. The molecule has 1 heteroatoms. The van der Waals surface area contributed by atoms with Gasteiger partial charge >= 0.3 is 0 Å². The Morgan fingerprint density at radius 1 is 1.33 bits per heavy atom. The molecule has 82 valence electrons. The van der Waals surface area contributed by atoms with E-state index in [1.54, 1.807) is 6.08 Å². The molecule has 0 amide bonds. The maximum atomic E-state index is 4.74. The van der Waals surface area contributed by atoms with Crippen molar-refractivity contribution in [2.24, 2.45) is 4.99 Å². The van der Waals surface area contributed by atoms with Crippen molar-refractivity contribution in [3.63, 3.8) is 0 Å². The third-order valence-electron chi connectivity index (χ3n) is 2.82. The molecule has 1 fully saturated rings. The van der Waals surface area contributed by atoms with Crippen LogP contribution < -0.4 is 0 Å². The lowest BCUT2D eigenvalue weighted by Crippen LogP contribution is -2.03. The molecule has 1 saturated carbocycles. The van der Waals surface area contributed by atoms with Crippen LogP contribution in [0.25, 0.3) is 0 Å². The summed E-state index contributed by atoms with van der Waals surface area (Å²) in [4.78, 5) is 4.74. The largest absolute Gasteiger partial charge is 0.287 e. The molecule has 0 saturated heterocycles. The molecule has 0 bridgehead atoms.